The van der Waals surface area contributed by atoms with Crippen molar-refractivity contribution in [2.24, 2.45) is 0 Å². The van der Waals surface area contributed by atoms with Gasteiger partial charge in [-0.25, -0.2) is 0 Å². The molecule has 0 aromatic heterocycles. The van der Waals surface area contributed by atoms with Crippen LogP contribution in [0.1, 0.15) is 22.3 Å². The first-order valence-electron chi connectivity index (χ1n) is 6.01. The summed E-state index contributed by atoms with van der Waals surface area (Å²) in [6.45, 7) is 7.92. The van der Waals surface area contributed by atoms with Crippen LogP contribution in [-0.4, -0.2) is 0 Å². The molecule has 0 aliphatic carbocycles. The maximum atomic E-state index is 11.8. The van der Waals surface area contributed by atoms with Gasteiger partial charge in [-0.3, -0.25) is 5.11 Å². The highest BCUT2D eigenvalue weighted by Gasteiger charge is 2.11. The molecule has 0 amide bonds. The van der Waals surface area contributed by atoms with Gasteiger partial charge in [0.1, 0.15) is 5.75 Å². The van der Waals surface area contributed by atoms with Crippen LogP contribution in [0.5, 0.6) is 17.2 Å². The second-order valence-corrected chi connectivity index (χ2v) is 4.76. The first kappa shape index (κ1) is 12.5. The molecule has 0 unspecified atom stereocenters. The molecule has 0 N–H and O–H groups in total. The molecule has 0 fully saturated rings. The third kappa shape index (κ3) is 2.48. The molecule has 2 rings (SSSR count). The lowest BCUT2D eigenvalue weighted by atomic mass is 10.1. The highest BCUT2D eigenvalue weighted by Crippen LogP contribution is 2.36. The van der Waals surface area contributed by atoms with Gasteiger partial charge in [-0.1, -0.05) is 12.1 Å². The lowest BCUT2D eigenvalue weighted by Gasteiger charge is -2.12. The van der Waals surface area contributed by atoms with Crippen molar-refractivity contribution in [2.75, 3.05) is 0 Å². The molecule has 0 aliphatic rings. The summed E-state index contributed by atoms with van der Waals surface area (Å²) in [7, 11) is 0. The fourth-order valence-electron chi connectivity index (χ4n) is 2.00. The van der Waals surface area contributed by atoms with Gasteiger partial charge in [-0.2, -0.15) is 0 Å². The molecule has 2 aromatic carbocycles. The summed E-state index contributed by atoms with van der Waals surface area (Å²) in [6, 6.07) is 9.34. The largest absolute Gasteiger partial charge is 0.453 e. The Kier molecular flexibility index (Phi) is 3.28. The molecule has 93 valence electrons. The smallest absolute Gasteiger partial charge is 0.221 e. The number of benzene rings is 2. The van der Waals surface area contributed by atoms with Crippen LogP contribution in [0.15, 0.2) is 30.3 Å². The molecule has 2 nitrogen and oxygen atoms in total. The summed E-state index contributed by atoms with van der Waals surface area (Å²) in [4.78, 5) is 0. The van der Waals surface area contributed by atoms with E-state index in [9.17, 15) is 5.11 Å². The second kappa shape index (κ2) is 4.73. The van der Waals surface area contributed by atoms with Gasteiger partial charge < -0.3 is 4.74 Å². The molecule has 0 heterocycles. The minimum Gasteiger partial charge on any atom is -0.453 e. The van der Waals surface area contributed by atoms with E-state index in [1.807, 2.05) is 45.9 Å². The first-order chi connectivity index (χ1) is 8.47. The standard InChI is InChI=1S/C16H17O2/c1-10-7-11(2)9-14(8-10)18-16-13(4)12(3)5-6-15(16)17/h5-9H,1-4H3. The normalized spacial score (nSPS) is 10.4. The topological polar surface area (TPSA) is 29.1 Å². The Morgan fingerprint density at radius 3 is 2.11 bits per heavy atom. The molecule has 0 saturated heterocycles. The fraction of sp³-hybridized carbons (Fsp3) is 0.250. The van der Waals surface area contributed by atoms with Crippen molar-refractivity contribution >= 4 is 0 Å². The van der Waals surface area contributed by atoms with E-state index in [1.54, 1.807) is 6.07 Å². The molecular weight excluding hydrogens is 224 g/mol. The fourth-order valence-corrected chi connectivity index (χ4v) is 2.00. The SMILES string of the molecule is Cc1cc(C)cc(Oc2c([O])ccc(C)c2C)c1. The van der Waals surface area contributed by atoms with E-state index in [4.69, 9.17) is 4.74 Å². The monoisotopic (exact) mass is 241 g/mol. The molecule has 18 heavy (non-hydrogen) atoms. The molecule has 0 bridgehead atoms. The summed E-state index contributed by atoms with van der Waals surface area (Å²) >= 11 is 0. The van der Waals surface area contributed by atoms with Crippen LogP contribution in [-0.2, 0) is 5.11 Å². The van der Waals surface area contributed by atoms with Crippen LogP contribution < -0.4 is 4.74 Å². The van der Waals surface area contributed by atoms with E-state index in [0.717, 1.165) is 28.0 Å². The van der Waals surface area contributed by atoms with Crippen molar-refractivity contribution in [2.45, 2.75) is 27.7 Å². The van der Waals surface area contributed by atoms with E-state index in [0.29, 0.717) is 5.75 Å². The van der Waals surface area contributed by atoms with Crippen LogP contribution in [0.3, 0.4) is 0 Å². The minimum atomic E-state index is -0.0720. The summed E-state index contributed by atoms with van der Waals surface area (Å²) in [6.07, 6.45) is 0. The van der Waals surface area contributed by atoms with Gasteiger partial charge in [0.25, 0.3) is 0 Å². The Hall–Kier alpha value is -1.96. The molecular formula is C16H17O2. The average Bonchev–Trinajstić information content (AvgIpc) is 2.28. The number of aryl methyl sites for hydroxylation is 3. The van der Waals surface area contributed by atoms with Crippen molar-refractivity contribution in [3.63, 3.8) is 0 Å². The third-order valence-electron chi connectivity index (χ3n) is 3.06. The molecule has 0 aliphatic heterocycles. The number of hydrogen-bond donors (Lipinski definition) is 0. The number of hydrogen-bond acceptors (Lipinski definition) is 1. The van der Waals surface area contributed by atoms with E-state index in [1.165, 1.54) is 0 Å². The van der Waals surface area contributed by atoms with Gasteiger partial charge in [-0.05, 0) is 68.1 Å². The van der Waals surface area contributed by atoms with E-state index >= 15 is 0 Å². The van der Waals surface area contributed by atoms with Crippen LogP contribution >= 0.6 is 0 Å². The van der Waals surface area contributed by atoms with Crippen molar-refractivity contribution < 1.29 is 9.84 Å². The van der Waals surface area contributed by atoms with Crippen LogP contribution in [0, 0.1) is 27.7 Å². The summed E-state index contributed by atoms with van der Waals surface area (Å²) in [5.41, 5.74) is 4.22. The average molecular weight is 241 g/mol. The Labute approximate surface area is 108 Å². The second-order valence-electron chi connectivity index (χ2n) is 4.76. The Balaban J connectivity index is 2.42. The maximum Gasteiger partial charge on any atom is 0.221 e. The molecule has 2 heteroatoms. The van der Waals surface area contributed by atoms with Crippen molar-refractivity contribution in [3.8, 4) is 17.2 Å². The molecule has 0 saturated carbocycles. The third-order valence-corrected chi connectivity index (χ3v) is 3.06. The highest BCUT2D eigenvalue weighted by atomic mass is 16.5. The predicted molar refractivity (Wildman–Crippen MR) is 72.0 cm³/mol. The van der Waals surface area contributed by atoms with Gasteiger partial charge in [0.15, 0.2) is 5.75 Å². The highest BCUT2D eigenvalue weighted by molar-refractivity contribution is 5.51. The molecule has 0 atom stereocenters. The van der Waals surface area contributed by atoms with Gasteiger partial charge >= 0.3 is 0 Å². The molecule has 2 aromatic rings. The first-order valence-corrected chi connectivity index (χ1v) is 6.01. The van der Waals surface area contributed by atoms with Gasteiger partial charge in [0.05, 0.1) is 0 Å². The minimum absolute atomic E-state index is 0.0720. The van der Waals surface area contributed by atoms with Crippen LogP contribution in [0.4, 0.5) is 0 Å². The summed E-state index contributed by atoms with van der Waals surface area (Å²) < 4.78 is 5.77. The molecule has 0 spiro atoms. The Morgan fingerprint density at radius 1 is 0.889 bits per heavy atom. The number of rotatable bonds is 2. The van der Waals surface area contributed by atoms with Crippen molar-refractivity contribution in [3.05, 3.63) is 52.6 Å². The molecule has 1 radical (unpaired) electrons. The zero-order chi connectivity index (χ0) is 13.3. The van der Waals surface area contributed by atoms with Gasteiger partial charge in [-0.15, -0.1) is 0 Å². The maximum absolute atomic E-state index is 11.8. The lowest BCUT2D eigenvalue weighted by molar-refractivity contribution is 0.327. The van der Waals surface area contributed by atoms with Crippen molar-refractivity contribution in [1.82, 2.24) is 0 Å². The summed E-state index contributed by atoms with van der Waals surface area (Å²) in [5, 5.41) is 11.8. The van der Waals surface area contributed by atoms with Gasteiger partial charge in [0, 0.05) is 0 Å². The van der Waals surface area contributed by atoms with Crippen molar-refractivity contribution in [1.29, 1.82) is 0 Å². The summed E-state index contributed by atoms with van der Waals surface area (Å²) in [5.74, 6) is 1.08. The number of ether oxygens (including phenoxy) is 1. The predicted octanol–water partition coefficient (Wildman–Crippen LogP) is 4.86. The van der Waals surface area contributed by atoms with Crippen LogP contribution in [0.2, 0.25) is 0 Å². The Bertz CT molecular complexity index is 566. The zero-order valence-electron chi connectivity index (χ0n) is 11.2. The lowest BCUT2D eigenvalue weighted by Crippen LogP contribution is -1.91. The Morgan fingerprint density at radius 2 is 1.50 bits per heavy atom. The van der Waals surface area contributed by atoms with E-state index in [2.05, 4.69) is 6.07 Å². The van der Waals surface area contributed by atoms with Gasteiger partial charge in [0.2, 0.25) is 5.75 Å². The van der Waals surface area contributed by atoms with E-state index in [-0.39, 0.29) is 5.75 Å². The zero-order valence-corrected chi connectivity index (χ0v) is 11.2. The quantitative estimate of drug-likeness (QED) is 0.738. The van der Waals surface area contributed by atoms with Crippen LogP contribution in [0.25, 0.3) is 0 Å². The van der Waals surface area contributed by atoms with E-state index < -0.39 is 0 Å².